The van der Waals surface area contributed by atoms with Crippen LogP contribution in [0, 0.1) is 13.8 Å². The molecule has 0 aromatic carbocycles. The van der Waals surface area contributed by atoms with Gasteiger partial charge in [0.25, 0.3) is 5.91 Å². The maximum absolute atomic E-state index is 12.3. The van der Waals surface area contributed by atoms with Gasteiger partial charge in [-0.2, -0.15) is 0 Å². The van der Waals surface area contributed by atoms with E-state index in [1.165, 1.54) is 11.3 Å². The van der Waals surface area contributed by atoms with E-state index in [9.17, 15) is 4.79 Å². The Hall–Kier alpha value is -1.63. The number of aryl methyl sites for hydroxylation is 2. The predicted molar refractivity (Wildman–Crippen MR) is 71.2 cm³/mol. The third-order valence-corrected chi connectivity index (χ3v) is 3.59. The van der Waals surface area contributed by atoms with Crippen LogP contribution in [-0.2, 0) is 0 Å². The Kier molecular flexibility index (Phi) is 5.08. The summed E-state index contributed by atoms with van der Waals surface area (Å²) in [7, 11) is 0. The molecule has 0 atom stereocenters. The molecule has 0 unspecified atom stereocenters. The third-order valence-electron chi connectivity index (χ3n) is 2.53. The molecule has 1 aromatic heterocycles. The largest absolute Gasteiger partial charge is 0.409 e. The Morgan fingerprint density at radius 1 is 1.56 bits per heavy atom. The second-order valence-corrected chi connectivity index (χ2v) is 5.08. The van der Waals surface area contributed by atoms with Crippen molar-refractivity contribution in [2.75, 3.05) is 13.1 Å². The number of hydrogen-bond acceptors (Lipinski definition) is 5. The van der Waals surface area contributed by atoms with Crippen LogP contribution in [0.2, 0.25) is 0 Å². The Bertz CT molecular complexity index is 456. The van der Waals surface area contributed by atoms with Crippen LogP contribution in [0.3, 0.4) is 0 Å². The first-order chi connectivity index (χ1) is 8.49. The number of rotatable bonds is 5. The summed E-state index contributed by atoms with van der Waals surface area (Å²) >= 11 is 1.39. The molecular formula is C11H18N4O2S. The Morgan fingerprint density at radius 3 is 2.67 bits per heavy atom. The fourth-order valence-corrected chi connectivity index (χ4v) is 2.46. The normalized spacial score (nSPS) is 11.6. The van der Waals surface area contributed by atoms with Crippen molar-refractivity contribution in [3.8, 4) is 0 Å². The van der Waals surface area contributed by atoms with E-state index in [2.05, 4.69) is 10.1 Å². The molecule has 0 spiro atoms. The average molecular weight is 270 g/mol. The molecule has 0 saturated carbocycles. The van der Waals surface area contributed by atoms with Crippen LogP contribution < -0.4 is 5.73 Å². The maximum atomic E-state index is 12.3. The molecule has 1 heterocycles. The van der Waals surface area contributed by atoms with E-state index in [0.717, 1.165) is 10.7 Å². The number of hydrogen-bond donors (Lipinski definition) is 2. The number of amides is 1. The van der Waals surface area contributed by atoms with Gasteiger partial charge < -0.3 is 15.8 Å². The van der Waals surface area contributed by atoms with Crippen molar-refractivity contribution in [2.45, 2.75) is 27.2 Å². The van der Waals surface area contributed by atoms with E-state index >= 15 is 0 Å². The fraction of sp³-hybridized carbons (Fsp3) is 0.545. The Labute approximate surface area is 110 Å². The van der Waals surface area contributed by atoms with Crippen molar-refractivity contribution in [3.05, 3.63) is 15.6 Å². The highest BCUT2D eigenvalue weighted by atomic mass is 32.1. The summed E-state index contributed by atoms with van der Waals surface area (Å²) < 4.78 is 0. The molecule has 6 nitrogen and oxygen atoms in total. The standard InChI is InChI=1S/C11H18N4O2S/c1-4-15(6-5-9(12)14-17)11(16)10-7(2)13-8(3)18-10/h17H,4-6H2,1-3H3,(H2,12,14). The van der Waals surface area contributed by atoms with Gasteiger partial charge in [0.05, 0.1) is 10.7 Å². The quantitative estimate of drug-likeness (QED) is 0.366. The van der Waals surface area contributed by atoms with Crippen LogP contribution in [0.15, 0.2) is 5.16 Å². The monoisotopic (exact) mass is 270 g/mol. The zero-order valence-corrected chi connectivity index (χ0v) is 11.6. The highest BCUT2D eigenvalue weighted by Crippen LogP contribution is 2.19. The second kappa shape index (κ2) is 6.34. The van der Waals surface area contributed by atoms with Crippen molar-refractivity contribution in [3.63, 3.8) is 0 Å². The minimum atomic E-state index is -0.0497. The SMILES string of the molecule is CCN(CCC(N)=NO)C(=O)c1sc(C)nc1C. The molecule has 0 fully saturated rings. The molecule has 0 aliphatic rings. The van der Waals surface area contributed by atoms with Gasteiger partial charge in [0.15, 0.2) is 0 Å². The zero-order chi connectivity index (χ0) is 13.7. The van der Waals surface area contributed by atoms with Gasteiger partial charge in [-0.15, -0.1) is 11.3 Å². The number of aromatic nitrogens is 1. The summed E-state index contributed by atoms with van der Waals surface area (Å²) in [4.78, 5) is 18.8. The van der Waals surface area contributed by atoms with E-state index in [-0.39, 0.29) is 11.7 Å². The number of oxime groups is 1. The fourth-order valence-electron chi connectivity index (χ4n) is 1.58. The van der Waals surface area contributed by atoms with Crippen molar-refractivity contribution in [2.24, 2.45) is 10.9 Å². The first-order valence-corrected chi connectivity index (χ1v) is 6.51. The summed E-state index contributed by atoms with van der Waals surface area (Å²) in [5.74, 6) is 0.0739. The molecule has 0 radical (unpaired) electrons. The van der Waals surface area contributed by atoms with E-state index in [0.29, 0.717) is 24.4 Å². The molecule has 18 heavy (non-hydrogen) atoms. The van der Waals surface area contributed by atoms with Crippen LogP contribution in [0.5, 0.6) is 0 Å². The third kappa shape index (κ3) is 3.43. The van der Waals surface area contributed by atoms with Gasteiger partial charge in [-0.25, -0.2) is 4.98 Å². The average Bonchev–Trinajstić information content (AvgIpc) is 2.68. The van der Waals surface area contributed by atoms with E-state index in [4.69, 9.17) is 10.9 Å². The minimum absolute atomic E-state index is 0.0497. The number of amidine groups is 1. The van der Waals surface area contributed by atoms with Gasteiger partial charge in [-0.3, -0.25) is 4.79 Å². The van der Waals surface area contributed by atoms with Crippen LogP contribution >= 0.6 is 11.3 Å². The number of nitrogens with zero attached hydrogens (tertiary/aromatic N) is 3. The molecule has 7 heteroatoms. The van der Waals surface area contributed by atoms with Crippen LogP contribution in [0.1, 0.15) is 33.7 Å². The van der Waals surface area contributed by atoms with Crippen LogP contribution in [0.25, 0.3) is 0 Å². The summed E-state index contributed by atoms with van der Waals surface area (Å²) in [5.41, 5.74) is 6.16. The minimum Gasteiger partial charge on any atom is -0.409 e. The maximum Gasteiger partial charge on any atom is 0.265 e. The summed E-state index contributed by atoms with van der Waals surface area (Å²) in [6, 6.07) is 0. The number of nitrogens with two attached hydrogens (primary N) is 1. The first kappa shape index (κ1) is 14.4. The lowest BCUT2D eigenvalue weighted by Crippen LogP contribution is -2.33. The van der Waals surface area contributed by atoms with Crippen LogP contribution in [-0.4, -0.2) is 39.9 Å². The molecule has 0 bridgehead atoms. The smallest absolute Gasteiger partial charge is 0.265 e. The predicted octanol–water partition coefficient (Wildman–Crippen LogP) is 1.36. The molecule has 100 valence electrons. The lowest BCUT2D eigenvalue weighted by molar-refractivity contribution is 0.0772. The molecular weight excluding hydrogens is 252 g/mol. The zero-order valence-electron chi connectivity index (χ0n) is 10.8. The molecule has 0 saturated heterocycles. The van der Waals surface area contributed by atoms with Gasteiger partial charge >= 0.3 is 0 Å². The Morgan fingerprint density at radius 2 is 2.22 bits per heavy atom. The van der Waals surface area contributed by atoms with Crippen molar-refractivity contribution in [1.29, 1.82) is 0 Å². The van der Waals surface area contributed by atoms with Gasteiger partial charge in [-0.1, -0.05) is 5.16 Å². The highest BCUT2D eigenvalue weighted by molar-refractivity contribution is 7.13. The highest BCUT2D eigenvalue weighted by Gasteiger charge is 2.19. The van der Waals surface area contributed by atoms with Crippen LogP contribution in [0.4, 0.5) is 0 Å². The van der Waals surface area contributed by atoms with Gasteiger partial charge in [0, 0.05) is 19.5 Å². The molecule has 3 N–H and O–H groups in total. The van der Waals surface area contributed by atoms with Gasteiger partial charge in [0.2, 0.25) is 0 Å². The van der Waals surface area contributed by atoms with E-state index in [1.807, 2.05) is 20.8 Å². The second-order valence-electron chi connectivity index (χ2n) is 3.87. The molecule has 1 rings (SSSR count). The lowest BCUT2D eigenvalue weighted by atomic mass is 10.3. The molecule has 0 aliphatic heterocycles. The number of thiazole rings is 1. The van der Waals surface area contributed by atoms with Gasteiger partial charge in [0.1, 0.15) is 10.7 Å². The Balaban J connectivity index is 2.76. The summed E-state index contributed by atoms with van der Waals surface area (Å²) in [5, 5.41) is 12.2. The van der Waals surface area contributed by atoms with Crippen molar-refractivity contribution in [1.82, 2.24) is 9.88 Å². The molecule has 0 aliphatic carbocycles. The number of carbonyl (C=O) groups is 1. The lowest BCUT2D eigenvalue weighted by Gasteiger charge is -2.19. The summed E-state index contributed by atoms with van der Waals surface area (Å²) in [6.07, 6.45) is 0.354. The van der Waals surface area contributed by atoms with Crippen molar-refractivity contribution >= 4 is 23.1 Å². The summed E-state index contributed by atoms with van der Waals surface area (Å²) in [6.45, 7) is 6.61. The molecule has 1 amide bonds. The molecule has 1 aromatic rings. The van der Waals surface area contributed by atoms with Crippen molar-refractivity contribution < 1.29 is 10.0 Å². The van der Waals surface area contributed by atoms with Gasteiger partial charge in [-0.05, 0) is 20.8 Å². The topological polar surface area (TPSA) is 91.8 Å². The van der Waals surface area contributed by atoms with E-state index in [1.54, 1.807) is 4.90 Å². The first-order valence-electron chi connectivity index (χ1n) is 5.69. The number of carbonyl (C=O) groups excluding carboxylic acids is 1. The van der Waals surface area contributed by atoms with E-state index < -0.39 is 0 Å².